The highest BCUT2D eigenvalue weighted by Crippen LogP contribution is 2.33. The van der Waals surface area contributed by atoms with Crippen molar-refractivity contribution in [3.8, 4) is 11.6 Å². The topological polar surface area (TPSA) is 116 Å². The number of nitrogens with one attached hydrogen (secondary N) is 1. The zero-order valence-corrected chi connectivity index (χ0v) is 11.1. The van der Waals surface area contributed by atoms with E-state index in [0.29, 0.717) is 11.6 Å². The minimum atomic E-state index is -0.586. The number of nitrogens with zero attached hydrogens (tertiary/aromatic N) is 3. The maximum atomic E-state index is 11.0. The minimum Gasteiger partial charge on any atom is -0.432 e. The fourth-order valence-corrected chi connectivity index (χ4v) is 1.67. The number of rotatable bonds is 4. The minimum absolute atomic E-state index is 0.0282. The summed E-state index contributed by atoms with van der Waals surface area (Å²) in [5, 5.41) is 11.2. The van der Waals surface area contributed by atoms with Gasteiger partial charge in [0, 0.05) is 17.2 Å². The summed E-state index contributed by atoms with van der Waals surface area (Å²) in [7, 11) is 0. The first-order valence-corrected chi connectivity index (χ1v) is 5.81. The third-order valence-electron chi connectivity index (χ3n) is 2.29. The van der Waals surface area contributed by atoms with Gasteiger partial charge in [0.25, 0.3) is 0 Å². The van der Waals surface area contributed by atoms with Gasteiger partial charge in [-0.05, 0) is 19.1 Å². The van der Waals surface area contributed by atoms with Gasteiger partial charge in [0.15, 0.2) is 0 Å². The van der Waals surface area contributed by atoms with E-state index < -0.39 is 4.92 Å². The molecule has 1 aromatic carbocycles. The second-order valence-electron chi connectivity index (χ2n) is 3.75. The molecule has 0 aliphatic rings. The van der Waals surface area contributed by atoms with Crippen molar-refractivity contribution in [2.45, 2.75) is 6.92 Å². The Morgan fingerprint density at radius 2 is 2.15 bits per heavy atom. The summed E-state index contributed by atoms with van der Waals surface area (Å²) < 4.78 is 5.40. The van der Waals surface area contributed by atoms with Crippen molar-refractivity contribution in [1.29, 1.82) is 0 Å². The quantitative estimate of drug-likeness (QED) is 0.505. The van der Waals surface area contributed by atoms with E-state index in [0.717, 1.165) is 0 Å². The number of anilines is 1. The van der Waals surface area contributed by atoms with Crippen molar-refractivity contribution in [3.63, 3.8) is 0 Å². The maximum absolute atomic E-state index is 11.0. The average molecular weight is 296 g/mol. The van der Waals surface area contributed by atoms with Crippen LogP contribution in [0.15, 0.2) is 24.3 Å². The number of ether oxygens (including phenoxy) is 1. The first-order chi connectivity index (χ1) is 9.49. The number of hydrazine groups is 1. The van der Waals surface area contributed by atoms with Crippen molar-refractivity contribution in [2.75, 3.05) is 5.43 Å². The van der Waals surface area contributed by atoms with E-state index in [1.165, 1.54) is 24.3 Å². The number of nitrogen functional groups attached to an aromatic ring is 1. The largest absolute Gasteiger partial charge is 0.432 e. The molecular formula is C11H10ClN5O3. The number of nitro groups is 1. The van der Waals surface area contributed by atoms with Crippen LogP contribution >= 0.6 is 11.6 Å². The molecule has 0 saturated heterocycles. The van der Waals surface area contributed by atoms with Gasteiger partial charge in [0.05, 0.1) is 4.92 Å². The van der Waals surface area contributed by atoms with Gasteiger partial charge >= 0.3 is 5.69 Å². The highest BCUT2D eigenvalue weighted by Gasteiger charge is 2.17. The fourth-order valence-electron chi connectivity index (χ4n) is 1.50. The van der Waals surface area contributed by atoms with Gasteiger partial charge in [-0.3, -0.25) is 10.1 Å². The Morgan fingerprint density at radius 3 is 2.80 bits per heavy atom. The van der Waals surface area contributed by atoms with Crippen LogP contribution in [-0.4, -0.2) is 14.9 Å². The normalized spacial score (nSPS) is 10.2. The Balaban J connectivity index is 2.39. The van der Waals surface area contributed by atoms with Crippen LogP contribution in [0.3, 0.4) is 0 Å². The van der Waals surface area contributed by atoms with Crippen molar-refractivity contribution in [3.05, 3.63) is 45.2 Å². The highest BCUT2D eigenvalue weighted by atomic mass is 35.5. The molecule has 0 unspecified atom stereocenters. The summed E-state index contributed by atoms with van der Waals surface area (Å²) in [6.07, 6.45) is 0. The SMILES string of the molecule is Cc1nc(NN)cc(Oc2ccc(Cl)cc2[N+](=O)[O-])n1. The molecule has 3 N–H and O–H groups in total. The van der Waals surface area contributed by atoms with Crippen LogP contribution in [0.25, 0.3) is 0 Å². The number of aryl methyl sites for hydroxylation is 1. The summed E-state index contributed by atoms with van der Waals surface area (Å²) in [5.41, 5.74) is 2.10. The lowest BCUT2D eigenvalue weighted by atomic mass is 10.3. The van der Waals surface area contributed by atoms with Crippen molar-refractivity contribution in [2.24, 2.45) is 5.84 Å². The summed E-state index contributed by atoms with van der Waals surface area (Å²) in [6.45, 7) is 1.64. The molecule has 2 rings (SSSR count). The molecular weight excluding hydrogens is 286 g/mol. The fraction of sp³-hybridized carbons (Fsp3) is 0.0909. The lowest BCUT2D eigenvalue weighted by Crippen LogP contribution is -2.10. The van der Waals surface area contributed by atoms with E-state index in [-0.39, 0.29) is 22.3 Å². The van der Waals surface area contributed by atoms with Gasteiger partial charge in [-0.1, -0.05) is 11.6 Å². The number of nitrogens with two attached hydrogens (primary N) is 1. The molecule has 1 aromatic heterocycles. The van der Waals surface area contributed by atoms with Gasteiger partial charge in [0.1, 0.15) is 11.6 Å². The third-order valence-corrected chi connectivity index (χ3v) is 2.53. The van der Waals surface area contributed by atoms with Crippen LogP contribution in [0.2, 0.25) is 5.02 Å². The zero-order valence-electron chi connectivity index (χ0n) is 10.3. The Kier molecular flexibility index (Phi) is 3.97. The van der Waals surface area contributed by atoms with Crippen molar-refractivity contribution < 1.29 is 9.66 Å². The lowest BCUT2D eigenvalue weighted by Gasteiger charge is -2.07. The molecule has 0 aliphatic carbocycles. The molecule has 0 saturated carbocycles. The Morgan fingerprint density at radius 1 is 1.40 bits per heavy atom. The summed E-state index contributed by atoms with van der Waals surface area (Å²) in [4.78, 5) is 18.4. The number of halogens is 1. The maximum Gasteiger partial charge on any atom is 0.313 e. The van der Waals surface area contributed by atoms with Gasteiger partial charge in [-0.2, -0.15) is 4.98 Å². The zero-order chi connectivity index (χ0) is 14.7. The second-order valence-corrected chi connectivity index (χ2v) is 4.19. The molecule has 20 heavy (non-hydrogen) atoms. The van der Waals surface area contributed by atoms with Crippen LogP contribution in [-0.2, 0) is 0 Å². The van der Waals surface area contributed by atoms with Gasteiger partial charge < -0.3 is 10.2 Å². The standard InChI is InChI=1S/C11H10ClN5O3/c1-6-14-10(16-13)5-11(15-6)20-9-3-2-7(12)4-8(9)17(18)19/h2-5H,13H2,1H3,(H,14,15,16). The van der Waals surface area contributed by atoms with E-state index in [2.05, 4.69) is 15.4 Å². The molecule has 9 heteroatoms. The van der Waals surface area contributed by atoms with Gasteiger partial charge in [-0.25, -0.2) is 10.8 Å². The highest BCUT2D eigenvalue weighted by molar-refractivity contribution is 6.30. The number of aromatic nitrogens is 2. The first-order valence-electron chi connectivity index (χ1n) is 5.43. The number of nitro benzene ring substituents is 1. The van der Waals surface area contributed by atoms with Crippen LogP contribution in [0, 0.1) is 17.0 Å². The Labute approximate surface area is 118 Å². The van der Waals surface area contributed by atoms with Crippen LogP contribution in [0.5, 0.6) is 11.6 Å². The summed E-state index contributed by atoms with van der Waals surface area (Å²) in [6, 6.07) is 5.51. The molecule has 104 valence electrons. The number of hydrogen-bond acceptors (Lipinski definition) is 7. The Hall–Kier alpha value is -2.45. The van der Waals surface area contributed by atoms with E-state index in [1.54, 1.807) is 6.92 Å². The number of benzene rings is 1. The molecule has 0 amide bonds. The van der Waals surface area contributed by atoms with Crippen LogP contribution in [0.4, 0.5) is 11.5 Å². The Bertz CT molecular complexity index is 665. The van der Waals surface area contributed by atoms with Gasteiger partial charge in [-0.15, -0.1) is 0 Å². The molecule has 0 radical (unpaired) electrons. The predicted molar refractivity (Wildman–Crippen MR) is 72.8 cm³/mol. The van der Waals surface area contributed by atoms with Crippen LogP contribution in [0.1, 0.15) is 5.82 Å². The third kappa shape index (κ3) is 3.11. The van der Waals surface area contributed by atoms with E-state index in [4.69, 9.17) is 22.2 Å². The van der Waals surface area contributed by atoms with Gasteiger partial charge in [0.2, 0.25) is 11.6 Å². The molecule has 0 spiro atoms. The molecule has 0 aliphatic heterocycles. The monoisotopic (exact) mass is 295 g/mol. The van der Waals surface area contributed by atoms with Crippen molar-refractivity contribution in [1.82, 2.24) is 9.97 Å². The molecule has 8 nitrogen and oxygen atoms in total. The molecule has 0 atom stereocenters. The predicted octanol–water partition coefficient (Wildman–Crippen LogP) is 2.42. The molecule has 0 bridgehead atoms. The van der Waals surface area contributed by atoms with E-state index >= 15 is 0 Å². The molecule has 0 fully saturated rings. The molecule has 1 heterocycles. The second kappa shape index (κ2) is 5.68. The van der Waals surface area contributed by atoms with E-state index in [1.807, 2.05) is 0 Å². The van der Waals surface area contributed by atoms with E-state index in [9.17, 15) is 10.1 Å². The number of hydrogen-bond donors (Lipinski definition) is 2. The summed E-state index contributed by atoms with van der Waals surface area (Å²) in [5.74, 6) is 6.17. The lowest BCUT2D eigenvalue weighted by molar-refractivity contribution is -0.385. The molecule has 2 aromatic rings. The summed E-state index contributed by atoms with van der Waals surface area (Å²) >= 11 is 5.72. The smallest absolute Gasteiger partial charge is 0.313 e. The van der Waals surface area contributed by atoms with Crippen LogP contribution < -0.4 is 16.0 Å². The van der Waals surface area contributed by atoms with Crippen molar-refractivity contribution >= 4 is 23.1 Å². The first kappa shape index (κ1) is 14.0. The average Bonchev–Trinajstić information content (AvgIpc) is 2.40.